The van der Waals surface area contributed by atoms with E-state index in [9.17, 15) is 0 Å². The molecule has 1 nitrogen and oxygen atoms in total. The summed E-state index contributed by atoms with van der Waals surface area (Å²) in [7, 11) is 0. The smallest absolute Gasteiger partial charge is 0.107 e. The Balaban J connectivity index is 2.58. The SMILES string of the molecule is CCc1ccc(CC=C(C)C)o1. The molecule has 1 rings (SSSR count). The lowest BCUT2D eigenvalue weighted by Crippen LogP contribution is -1.76. The molecule has 0 amide bonds. The van der Waals surface area contributed by atoms with Gasteiger partial charge in [0, 0.05) is 12.8 Å². The van der Waals surface area contributed by atoms with Crippen molar-refractivity contribution in [1.82, 2.24) is 0 Å². The molecule has 0 N–H and O–H groups in total. The molecule has 0 radical (unpaired) electrons. The first kappa shape index (κ1) is 9.11. The Bertz CT molecular complexity index is 264. The molecule has 1 aromatic rings. The van der Waals surface area contributed by atoms with Gasteiger partial charge in [0.2, 0.25) is 0 Å². The largest absolute Gasteiger partial charge is 0.466 e. The van der Waals surface area contributed by atoms with Crippen LogP contribution in [0.25, 0.3) is 0 Å². The molecule has 0 bridgehead atoms. The number of aryl methyl sites for hydroxylation is 1. The zero-order valence-corrected chi connectivity index (χ0v) is 8.05. The summed E-state index contributed by atoms with van der Waals surface area (Å²) in [5.74, 6) is 2.14. The topological polar surface area (TPSA) is 13.1 Å². The molecule has 1 heteroatoms. The van der Waals surface area contributed by atoms with E-state index in [0.717, 1.165) is 24.4 Å². The Morgan fingerprint density at radius 2 is 2.00 bits per heavy atom. The molecule has 0 fully saturated rings. The van der Waals surface area contributed by atoms with Crippen molar-refractivity contribution >= 4 is 0 Å². The predicted octanol–water partition coefficient (Wildman–Crippen LogP) is 3.35. The van der Waals surface area contributed by atoms with Crippen LogP contribution in [0.4, 0.5) is 0 Å². The van der Waals surface area contributed by atoms with Crippen molar-refractivity contribution in [3.8, 4) is 0 Å². The van der Waals surface area contributed by atoms with Crippen LogP contribution >= 0.6 is 0 Å². The first-order chi connectivity index (χ1) is 5.72. The van der Waals surface area contributed by atoms with E-state index in [-0.39, 0.29) is 0 Å². The van der Waals surface area contributed by atoms with Gasteiger partial charge in [-0.3, -0.25) is 0 Å². The first-order valence-electron chi connectivity index (χ1n) is 4.43. The minimum atomic E-state index is 0.919. The Kier molecular flexibility index (Phi) is 3.15. The summed E-state index contributed by atoms with van der Waals surface area (Å²) in [4.78, 5) is 0. The van der Waals surface area contributed by atoms with Crippen molar-refractivity contribution in [3.05, 3.63) is 35.3 Å². The summed E-state index contributed by atoms with van der Waals surface area (Å²) < 4.78 is 5.54. The Morgan fingerprint density at radius 3 is 2.50 bits per heavy atom. The lowest BCUT2D eigenvalue weighted by Gasteiger charge is -1.91. The molecule has 0 aliphatic heterocycles. The van der Waals surface area contributed by atoms with Crippen LogP contribution < -0.4 is 0 Å². The van der Waals surface area contributed by atoms with Crippen molar-refractivity contribution in [2.75, 3.05) is 0 Å². The Morgan fingerprint density at radius 1 is 1.33 bits per heavy atom. The van der Waals surface area contributed by atoms with E-state index in [2.05, 4.69) is 32.9 Å². The van der Waals surface area contributed by atoms with Gasteiger partial charge in [0.25, 0.3) is 0 Å². The van der Waals surface area contributed by atoms with E-state index in [0.29, 0.717) is 0 Å². The van der Waals surface area contributed by atoms with E-state index in [1.807, 2.05) is 6.07 Å². The van der Waals surface area contributed by atoms with E-state index < -0.39 is 0 Å². The van der Waals surface area contributed by atoms with Crippen LogP contribution in [0.1, 0.15) is 32.3 Å². The number of hydrogen-bond acceptors (Lipinski definition) is 1. The lowest BCUT2D eigenvalue weighted by atomic mass is 10.2. The molecule has 1 aromatic heterocycles. The molecule has 66 valence electrons. The third-order valence-corrected chi connectivity index (χ3v) is 1.78. The predicted molar refractivity (Wildman–Crippen MR) is 51.2 cm³/mol. The Labute approximate surface area is 74.1 Å². The van der Waals surface area contributed by atoms with Gasteiger partial charge in [0.15, 0.2) is 0 Å². The fraction of sp³-hybridized carbons (Fsp3) is 0.455. The average Bonchev–Trinajstić information content (AvgIpc) is 2.48. The van der Waals surface area contributed by atoms with E-state index in [1.165, 1.54) is 5.57 Å². The van der Waals surface area contributed by atoms with Crippen LogP contribution in [-0.2, 0) is 12.8 Å². The molecule has 0 aliphatic rings. The van der Waals surface area contributed by atoms with Gasteiger partial charge >= 0.3 is 0 Å². The number of allylic oxidation sites excluding steroid dienone is 2. The molecule has 0 saturated heterocycles. The van der Waals surface area contributed by atoms with Crippen molar-refractivity contribution in [2.24, 2.45) is 0 Å². The normalized spacial score (nSPS) is 9.92. The van der Waals surface area contributed by atoms with Crippen LogP contribution in [0.2, 0.25) is 0 Å². The van der Waals surface area contributed by atoms with Crippen LogP contribution in [-0.4, -0.2) is 0 Å². The molecule has 0 aliphatic carbocycles. The summed E-state index contributed by atoms with van der Waals surface area (Å²) in [5.41, 5.74) is 1.34. The zero-order valence-electron chi connectivity index (χ0n) is 8.05. The summed E-state index contributed by atoms with van der Waals surface area (Å²) in [5, 5.41) is 0. The molecular weight excluding hydrogens is 148 g/mol. The number of hydrogen-bond donors (Lipinski definition) is 0. The molecule has 0 spiro atoms. The molecule has 12 heavy (non-hydrogen) atoms. The molecular formula is C11H16O. The molecule has 0 atom stereocenters. The maximum Gasteiger partial charge on any atom is 0.107 e. The quantitative estimate of drug-likeness (QED) is 0.624. The second-order valence-corrected chi connectivity index (χ2v) is 3.21. The molecule has 1 heterocycles. The van der Waals surface area contributed by atoms with Gasteiger partial charge in [-0.1, -0.05) is 18.6 Å². The summed E-state index contributed by atoms with van der Waals surface area (Å²) in [6.45, 7) is 6.30. The standard InChI is InChI=1S/C11H16O/c1-4-10-7-8-11(12-10)6-5-9(2)3/h5,7-8H,4,6H2,1-3H3. The second-order valence-electron chi connectivity index (χ2n) is 3.21. The first-order valence-corrected chi connectivity index (χ1v) is 4.43. The third kappa shape index (κ3) is 2.57. The van der Waals surface area contributed by atoms with E-state index in [1.54, 1.807) is 0 Å². The molecule has 0 saturated carbocycles. The van der Waals surface area contributed by atoms with Crippen molar-refractivity contribution in [1.29, 1.82) is 0 Å². The highest BCUT2D eigenvalue weighted by atomic mass is 16.3. The van der Waals surface area contributed by atoms with Crippen LogP contribution in [0, 0.1) is 0 Å². The number of furan rings is 1. The zero-order chi connectivity index (χ0) is 8.97. The summed E-state index contributed by atoms with van der Waals surface area (Å²) in [6.07, 6.45) is 4.08. The second kappa shape index (κ2) is 4.15. The fourth-order valence-corrected chi connectivity index (χ4v) is 1.03. The molecule has 0 unspecified atom stereocenters. The number of rotatable bonds is 3. The maximum atomic E-state index is 5.54. The van der Waals surface area contributed by atoms with Gasteiger partial charge in [0.05, 0.1) is 0 Å². The van der Waals surface area contributed by atoms with Crippen LogP contribution in [0.15, 0.2) is 28.2 Å². The highest BCUT2D eigenvalue weighted by molar-refractivity contribution is 5.11. The highest BCUT2D eigenvalue weighted by Gasteiger charge is 1.97. The Hall–Kier alpha value is -0.980. The van der Waals surface area contributed by atoms with Gasteiger partial charge < -0.3 is 4.42 Å². The van der Waals surface area contributed by atoms with Gasteiger partial charge in [-0.15, -0.1) is 0 Å². The van der Waals surface area contributed by atoms with Gasteiger partial charge in [0.1, 0.15) is 11.5 Å². The van der Waals surface area contributed by atoms with Crippen molar-refractivity contribution in [2.45, 2.75) is 33.6 Å². The van der Waals surface area contributed by atoms with Gasteiger partial charge in [-0.2, -0.15) is 0 Å². The van der Waals surface area contributed by atoms with E-state index >= 15 is 0 Å². The highest BCUT2D eigenvalue weighted by Crippen LogP contribution is 2.09. The van der Waals surface area contributed by atoms with E-state index in [4.69, 9.17) is 4.42 Å². The van der Waals surface area contributed by atoms with Gasteiger partial charge in [-0.05, 0) is 26.0 Å². The lowest BCUT2D eigenvalue weighted by molar-refractivity contribution is 0.479. The molecule has 0 aromatic carbocycles. The monoisotopic (exact) mass is 164 g/mol. The summed E-state index contributed by atoms with van der Waals surface area (Å²) >= 11 is 0. The van der Waals surface area contributed by atoms with Crippen LogP contribution in [0.3, 0.4) is 0 Å². The van der Waals surface area contributed by atoms with Crippen molar-refractivity contribution in [3.63, 3.8) is 0 Å². The minimum Gasteiger partial charge on any atom is -0.466 e. The summed E-state index contributed by atoms with van der Waals surface area (Å²) in [6, 6.07) is 4.10. The van der Waals surface area contributed by atoms with Crippen molar-refractivity contribution < 1.29 is 4.42 Å². The maximum absolute atomic E-state index is 5.54. The fourth-order valence-electron chi connectivity index (χ4n) is 1.03. The van der Waals surface area contributed by atoms with Crippen LogP contribution in [0.5, 0.6) is 0 Å². The van der Waals surface area contributed by atoms with Gasteiger partial charge in [-0.25, -0.2) is 0 Å². The third-order valence-electron chi connectivity index (χ3n) is 1.78. The average molecular weight is 164 g/mol. The minimum absolute atomic E-state index is 0.919.